The second kappa shape index (κ2) is 12.0. The van der Waals surface area contributed by atoms with Gasteiger partial charge in [-0.3, -0.25) is 4.79 Å². The summed E-state index contributed by atoms with van der Waals surface area (Å²) in [5.74, 6) is -0.995. The highest BCUT2D eigenvalue weighted by molar-refractivity contribution is 5.96. The zero-order chi connectivity index (χ0) is 28.9. The maximum atomic E-state index is 12.8. The first-order valence-corrected chi connectivity index (χ1v) is 14.2. The second-order valence-corrected chi connectivity index (χ2v) is 10.6. The highest BCUT2D eigenvalue weighted by Gasteiger charge is 2.45. The monoisotopic (exact) mass is 556 g/mol. The van der Waals surface area contributed by atoms with Gasteiger partial charge in [0.1, 0.15) is 17.6 Å². The molecule has 210 valence electrons. The van der Waals surface area contributed by atoms with Crippen LogP contribution in [0.5, 0.6) is 0 Å². The Balaban J connectivity index is 1.26. The normalized spacial score (nSPS) is 16.5. The molecule has 42 heavy (non-hydrogen) atoms. The maximum Gasteiger partial charge on any atom is 0.337 e. The Morgan fingerprint density at radius 1 is 0.762 bits per heavy atom. The lowest BCUT2D eigenvalue weighted by atomic mass is 9.79. The van der Waals surface area contributed by atoms with E-state index in [1.54, 1.807) is 6.07 Å². The van der Waals surface area contributed by atoms with Gasteiger partial charge in [-0.05, 0) is 58.0 Å². The molecular formula is C37H32O5. The van der Waals surface area contributed by atoms with Crippen LogP contribution in [-0.2, 0) is 31.0 Å². The third-order valence-electron chi connectivity index (χ3n) is 8.13. The molecule has 0 aromatic heterocycles. The smallest absolute Gasteiger partial charge is 0.337 e. The third-order valence-corrected chi connectivity index (χ3v) is 8.13. The molecule has 0 saturated carbocycles. The highest BCUT2D eigenvalue weighted by Crippen LogP contribution is 2.42. The average molecular weight is 557 g/mol. The Bertz CT molecular complexity index is 1580. The number of benzene rings is 5. The van der Waals surface area contributed by atoms with Crippen molar-refractivity contribution in [3.05, 3.63) is 155 Å². The number of hydrogen-bond acceptors (Lipinski definition) is 5. The number of carbonyl (C=O) groups excluding carboxylic acids is 2. The fraction of sp³-hybridized carbons (Fsp3) is 0.189. The quantitative estimate of drug-likeness (QED) is 0.136. The predicted molar refractivity (Wildman–Crippen MR) is 162 cm³/mol. The molecule has 1 fully saturated rings. The van der Waals surface area contributed by atoms with Crippen molar-refractivity contribution in [2.45, 2.75) is 24.5 Å². The largest absolute Gasteiger partial charge is 0.465 e. The molecule has 0 radical (unpaired) electrons. The number of ether oxygens (including phenoxy) is 3. The van der Waals surface area contributed by atoms with Crippen molar-refractivity contribution in [1.82, 2.24) is 0 Å². The van der Waals surface area contributed by atoms with Crippen LogP contribution < -0.4 is 0 Å². The Kier molecular flexibility index (Phi) is 7.85. The SMILES string of the molecule is COC(=O)c1ccc2cccc(CCC3OC(=O)C3COC(c3ccccc3)(c3ccccc3)c3ccccc3)c2c1. The van der Waals surface area contributed by atoms with E-state index in [0.717, 1.165) is 33.0 Å². The van der Waals surface area contributed by atoms with Gasteiger partial charge in [-0.15, -0.1) is 0 Å². The predicted octanol–water partition coefficient (Wildman–Crippen LogP) is 7.11. The Hall–Kier alpha value is -4.74. The van der Waals surface area contributed by atoms with Crippen molar-refractivity contribution in [2.75, 3.05) is 13.7 Å². The summed E-state index contributed by atoms with van der Waals surface area (Å²) in [5.41, 5.74) is 3.67. The van der Waals surface area contributed by atoms with Gasteiger partial charge in [-0.25, -0.2) is 4.79 Å². The van der Waals surface area contributed by atoms with Crippen LogP contribution in [0.2, 0.25) is 0 Å². The Morgan fingerprint density at radius 3 is 1.90 bits per heavy atom. The lowest BCUT2D eigenvalue weighted by molar-refractivity contribution is -0.194. The minimum atomic E-state index is -0.899. The number of methoxy groups -OCH3 is 1. The number of rotatable bonds is 10. The van der Waals surface area contributed by atoms with Crippen molar-refractivity contribution in [3.63, 3.8) is 0 Å². The van der Waals surface area contributed by atoms with Crippen molar-refractivity contribution in [1.29, 1.82) is 0 Å². The van der Waals surface area contributed by atoms with Gasteiger partial charge in [0.15, 0.2) is 0 Å². The van der Waals surface area contributed by atoms with Crippen LogP contribution in [0, 0.1) is 5.92 Å². The Labute approximate surface area is 245 Å². The first-order valence-electron chi connectivity index (χ1n) is 14.2. The summed E-state index contributed by atoms with van der Waals surface area (Å²) in [6, 6.07) is 42.1. The molecule has 1 heterocycles. The molecule has 5 aromatic carbocycles. The van der Waals surface area contributed by atoms with Gasteiger partial charge in [-0.2, -0.15) is 0 Å². The van der Waals surface area contributed by atoms with Gasteiger partial charge in [-0.1, -0.05) is 115 Å². The highest BCUT2D eigenvalue weighted by atomic mass is 16.6. The number of aryl methyl sites for hydroxylation is 1. The fourth-order valence-electron chi connectivity index (χ4n) is 5.92. The van der Waals surface area contributed by atoms with Gasteiger partial charge in [0.2, 0.25) is 0 Å². The van der Waals surface area contributed by atoms with E-state index in [9.17, 15) is 9.59 Å². The molecule has 1 saturated heterocycles. The summed E-state index contributed by atoms with van der Waals surface area (Å²) < 4.78 is 17.5. The number of hydrogen-bond donors (Lipinski definition) is 0. The lowest BCUT2D eigenvalue weighted by Crippen LogP contribution is -2.49. The van der Waals surface area contributed by atoms with E-state index < -0.39 is 5.60 Å². The third kappa shape index (κ3) is 5.19. The summed E-state index contributed by atoms with van der Waals surface area (Å²) in [4.78, 5) is 24.9. The molecule has 0 bridgehead atoms. The summed E-state index contributed by atoms with van der Waals surface area (Å²) in [5, 5.41) is 2.04. The molecule has 1 aliphatic rings. The van der Waals surface area contributed by atoms with Crippen LogP contribution in [-0.4, -0.2) is 31.8 Å². The van der Waals surface area contributed by atoms with E-state index in [1.165, 1.54) is 7.11 Å². The molecule has 5 aromatic rings. The molecule has 2 atom stereocenters. The van der Waals surface area contributed by atoms with Gasteiger partial charge >= 0.3 is 11.9 Å². The van der Waals surface area contributed by atoms with E-state index in [4.69, 9.17) is 14.2 Å². The molecule has 0 amide bonds. The van der Waals surface area contributed by atoms with Crippen LogP contribution in [0.1, 0.15) is 39.0 Å². The first kappa shape index (κ1) is 27.4. The van der Waals surface area contributed by atoms with Crippen molar-refractivity contribution in [2.24, 2.45) is 5.92 Å². The molecule has 6 rings (SSSR count). The Morgan fingerprint density at radius 2 is 1.36 bits per heavy atom. The van der Waals surface area contributed by atoms with Crippen molar-refractivity contribution < 1.29 is 23.8 Å². The van der Waals surface area contributed by atoms with Gasteiger partial charge in [0.25, 0.3) is 0 Å². The van der Waals surface area contributed by atoms with Crippen LogP contribution in [0.25, 0.3) is 10.8 Å². The molecule has 1 aliphatic heterocycles. The zero-order valence-electron chi connectivity index (χ0n) is 23.4. The number of carbonyl (C=O) groups is 2. The molecular weight excluding hydrogens is 524 g/mol. The second-order valence-electron chi connectivity index (χ2n) is 10.6. The number of esters is 2. The van der Waals surface area contributed by atoms with Crippen LogP contribution in [0.15, 0.2) is 127 Å². The van der Waals surface area contributed by atoms with E-state index in [-0.39, 0.29) is 30.6 Å². The van der Waals surface area contributed by atoms with Crippen molar-refractivity contribution >= 4 is 22.7 Å². The van der Waals surface area contributed by atoms with Crippen LogP contribution in [0.3, 0.4) is 0 Å². The fourth-order valence-corrected chi connectivity index (χ4v) is 5.92. The molecule has 2 unspecified atom stereocenters. The minimum Gasteiger partial charge on any atom is -0.465 e. The van der Waals surface area contributed by atoms with E-state index >= 15 is 0 Å². The summed E-state index contributed by atoms with van der Waals surface area (Å²) >= 11 is 0. The zero-order valence-corrected chi connectivity index (χ0v) is 23.4. The van der Waals surface area contributed by atoms with Crippen LogP contribution in [0.4, 0.5) is 0 Å². The topological polar surface area (TPSA) is 61.8 Å². The van der Waals surface area contributed by atoms with Gasteiger partial charge in [0, 0.05) is 0 Å². The van der Waals surface area contributed by atoms with Gasteiger partial charge < -0.3 is 14.2 Å². The molecule has 0 N–H and O–H groups in total. The van der Waals surface area contributed by atoms with E-state index in [2.05, 4.69) is 42.5 Å². The molecule has 5 nitrogen and oxygen atoms in total. The number of fused-ring (bicyclic) bond motifs is 1. The minimum absolute atomic E-state index is 0.213. The summed E-state index contributed by atoms with van der Waals surface area (Å²) in [7, 11) is 1.38. The van der Waals surface area contributed by atoms with E-state index in [1.807, 2.05) is 78.9 Å². The molecule has 5 heteroatoms. The van der Waals surface area contributed by atoms with E-state index in [0.29, 0.717) is 18.4 Å². The van der Waals surface area contributed by atoms with Gasteiger partial charge in [0.05, 0.1) is 19.3 Å². The first-order chi connectivity index (χ1) is 20.6. The molecule has 0 aliphatic carbocycles. The standard InChI is InChI=1S/C37H32O5/c1-40-35(38)28-21-20-26-12-11-13-27(32(26)24-28)22-23-34-33(36(39)42-34)25-41-37(29-14-5-2-6-15-29,30-16-7-3-8-17-30)31-18-9-4-10-19-31/h2-21,24,33-34H,22-23,25H2,1H3. The summed E-state index contributed by atoms with van der Waals surface area (Å²) in [6.45, 7) is 0.213. The lowest BCUT2D eigenvalue weighted by Gasteiger charge is -2.40. The molecule has 0 spiro atoms. The summed E-state index contributed by atoms with van der Waals surface area (Å²) in [6.07, 6.45) is 1.07. The van der Waals surface area contributed by atoms with Crippen LogP contribution >= 0.6 is 0 Å². The maximum absolute atomic E-state index is 12.8. The average Bonchev–Trinajstić information content (AvgIpc) is 3.05. The van der Waals surface area contributed by atoms with Crippen molar-refractivity contribution in [3.8, 4) is 0 Å². The number of cyclic esters (lactones) is 1.